The minimum atomic E-state index is -4.31. The van der Waals surface area contributed by atoms with Crippen LogP contribution >= 0.6 is 7.75 Å². The van der Waals surface area contributed by atoms with Crippen molar-refractivity contribution in [2.75, 3.05) is 13.2 Å². The van der Waals surface area contributed by atoms with Gasteiger partial charge < -0.3 is 24.4 Å². The second-order valence-corrected chi connectivity index (χ2v) is 10.7. The summed E-state index contributed by atoms with van der Waals surface area (Å²) in [5.41, 5.74) is -2.32. The molecule has 1 saturated heterocycles. The third-order valence-electron chi connectivity index (χ3n) is 5.54. The number of aliphatic hydroxyl groups excluding tert-OH is 1. The molecule has 2 aliphatic heterocycles. The number of para-hydroxylation sites is 1. The van der Waals surface area contributed by atoms with Crippen LogP contribution in [0, 0.1) is 0 Å². The number of carbonyl (C=O) groups is 3. The molecule has 0 saturated carbocycles. The van der Waals surface area contributed by atoms with Gasteiger partial charge >= 0.3 is 19.7 Å². The van der Waals surface area contributed by atoms with Crippen molar-refractivity contribution < 1.29 is 47.0 Å². The van der Waals surface area contributed by atoms with Crippen LogP contribution in [0.1, 0.15) is 27.7 Å². The highest BCUT2D eigenvalue weighted by molar-refractivity contribution is 7.52. The SMILES string of the molecule is CC(C)OC(=O)[C@H](C)NP(=O)(OC[C@H]1O[C@@H](N2C=C(C=O)CNC2=O)[C@](C)(F)[C@@H]1O)Oc1ccccc1. The Bertz CT molecular complexity index is 1070. The zero-order valence-electron chi connectivity index (χ0n) is 20.8. The Balaban J connectivity index is 1.78. The molecule has 3 rings (SSSR count). The lowest BCUT2D eigenvalue weighted by atomic mass is 9.98. The quantitative estimate of drug-likeness (QED) is 0.215. The first-order valence-electron chi connectivity index (χ1n) is 11.6. The number of halogens is 1. The fraction of sp³-hybridized carbons (Fsp3) is 0.522. The summed E-state index contributed by atoms with van der Waals surface area (Å²) >= 11 is 0. The predicted octanol–water partition coefficient (Wildman–Crippen LogP) is 2.04. The maximum Gasteiger partial charge on any atom is 0.459 e. The topological polar surface area (TPSA) is 153 Å². The first-order chi connectivity index (χ1) is 17.4. The number of hydrogen-bond donors (Lipinski definition) is 3. The van der Waals surface area contributed by atoms with Crippen molar-refractivity contribution in [2.45, 2.75) is 63.9 Å². The van der Waals surface area contributed by atoms with Crippen molar-refractivity contribution in [2.24, 2.45) is 0 Å². The molecule has 1 fully saturated rings. The molecule has 2 amide bonds. The van der Waals surface area contributed by atoms with Crippen LogP contribution in [0.5, 0.6) is 5.75 Å². The van der Waals surface area contributed by atoms with Gasteiger partial charge in [-0.1, -0.05) is 18.2 Å². The van der Waals surface area contributed by atoms with Crippen LogP contribution in [0.2, 0.25) is 0 Å². The summed E-state index contributed by atoms with van der Waals surface area (Å²) < 4.78 is 50.9. The molecule has 1 aromatic rings. The molecule has 12 nitrogen and oxygen atoms in total. The van der Waals surface area contributed by atoms with Crippen LogP contribution in [-0.2, 0) is 28.2 Å². The summed E-state index contributed by atoms with van der Waals surface area (Å²) in [4.78, 5) is 36.6. The number of alkyl halides is 1. The van der Waals surface area contributed by atoms with Gasteiger partial charge in [0.05, 0.1) is 12.7 Å². The van der Waals surface area contributed by atoms with Crippen LogP contribution in [0.15, 0.2) is 42.1 Å². The van der Waals surface area contributed by atoms with E-state index in [1.807, 2.05) is 0 Å². The number of aldehydes is 1. The molecule has 2 heterocycles. The van der Waals surface area contributed by atoms with Gasteiger partial charge in [-0.25, -0.2) is 13.8 Å². The highest BCUT2D eigenvalue weighted by atomic mass is 31.2. The van der Waals surface area contributed by atoms with Gasteiger partial charge in [-0.2, -0.15) is 5.09 Å². The van der Waals surface area contributed by atoms with E-state index in [2.05, 4.69) is 10.4 Å². The van der Waals surface area contributed by atoms with Gasteiger partial charge in [-0.3, -0.25) is 19.0 Å². The molecule has 1 aromatic carbocycles. The van der Waals surface area contributed by atoms with E-state index < -0.39 is 62.6 Å². The van der Waals surface area contributed by atoms with Crippen LogP contribution in [0.3, 0.4) is 0 Å². The number of amides is 2. The minimum absolute atomic E-state index is 0.0350. The van der Waals surface area contributed by atoms with Crippen molar-refractivity contribution in [1.82, 2.24) is 15.3 Å². The number of nitrogens with one attached hydrogen (secondary N) is 2. The Morgan fingerprint density at radius 3 is 2.68 bits per heavy atom. The summed E-state index contributed by atoms with van der Waals surface area (Å²) in [5, 5.41) is 15.5. The first kappa shape index (κ1) is 28.7. The van der Waals surface area contributed by atoms with Crippen LogP contribution in [-0.4, -0.2) is 77.7 Å². The molecule has 204 valence electrons. The predicted molar refractivity (Wildman–Crippen MR) is 128 cm³/mol. The lowest BCUT2D eigenvalue weighted by molar-refractivity contribution is -0.149. The monoisotopic (exact) mass is 543 g/mol. The number of esters is 1. The molecule has 14 heteroatoms. The molecule has 0 aliphatic carbocycles. The standard InChI is InChI=1S/C23H31FN3O9P/c1-14(2)34-20(30)15(3)26-37(32,36-17-8-6-5-7-9-17)33-13-18-19(29)23(4,24)21(35-18)27-11-16(12-28)10-25-22(27)31/h5-9,11-12,14-15,18-19,21,29H,10,13H2,1-4H3,(H,25,31)(H,26,32)/t15-,18+,19+,21+,23+,37?/m0/s1. The lowest BCUT2D eigenvalue weighted by Gasteiger charge is -2.34. The maximum absolute atomic E-state index is 15.6. The van der Waals surface area contributed by atoms with Gasteiger partial charge in [0.2, 0.25) is 0 Å². The number of ether oxygens (including phenoxy) is 2. The van der Waals surface area contributed by atoms with Crippen molar-refractivity contribution in [3.05, 3.63) is 42.1 Å². The lowest BCUT2D eigenvalue weighted by Crippen LogP contribution is -2.54. The third-order valence-corrected chi connectivity index (χ3v) is 7.18. The van der Waals surface area contributed by atoms with E-state index in [-0.39, 0.29) is 17.9 Å². The third kappa shape index (κ3) is 6.93. The van der Waals surface area contributed by atoms with Crippen LogP contribution in [0.25, 0.3) is 0 Å². The van der Waals surface area contributed by atoms with E-state index in [1.165, 1.54) is 19.1 Å². The summed E-state index contributed by atoms with van der Waals surface area (Å²) in [6.07, 6.45) is -3.61. The Labute approximate surface area is 213 Å². The van der Waals surface area contributed by atoms with Gasteiger partial charge in [-0.15, -0.1) is 0 Å². The zero-order chi connectivity index (χ0) is 27.4. The molecule has 0 spiro atoms. The Morgan fingerprint density at radius 1 is 1.38 bits per heavy atom. The van der Waals surface area contributed by atoms with E-state index in [0.29, 0.717) is 6.29 Å². The average molecular weight is 543 g/mol. The second kappa shape index (κ2) is 11.7. The number of hydrogen-bond acceptors (Lipinski definition) is 9. The molecule has 3 N–H and O–H groups in total. The highest BCUT2D eigenvalue weighted by Crippen LogP contribution is 2.46. The van der Waals surface area contributed by atoms with E-state index in [9.17, 15) is 24.1 Å². The van der Waals surface area contributed by atoms with Crippen molar-refractivity contribution in [3.8, 4) is 5.75 Å². The molecule has 0 aromatic heterocycles. The van der Waals surface area contributed by atoms with E-state index in [1.54, 1.807) is 32.0 Å². The van der Waals surface area contributed by atoms with E-state index >= 15 is 4.39 Å². The molecular formula is C23H31FN3O9P. The van der Waals surface area contributed by atoms with Crippen LogP contribution in [0.4, 0.5) is 9.18 Å². The molecule has 0 bridgehead atoms. The summed E-state index contributed by atoms with van der Waals surface area (Å²) in [6, 6.07) is 6.14. The van der Waals surface area contributed by atoms with Crippen LogP contribution < -0.4 is 14.9 Å². The summed E-state index contributed by atoms with van der Waals surface area (Å²) in [5.74, 6) is -0.557. The number of nitrogens with zero attached hydrogens (tertiary/aromatic N) is 1. The number of urea groups is 1. The van der Waals surface area contributed by atoms with E-state index in [0.717, 1.165) is 18.0 Å². The zero-order valence-corrected chi connectivity index (χ0v) is 21.7. The Kier molecular flexibility index (Phi) is 9.09. The Morgan fingerprint density at radius 2 is 2.05 bits per heavy atom. The summed E-state index contributed by atoms with van der Waals surface area (Å²) in [6.45, 7) is 5.06. The second-order valence-electron chi connectivity index (χ2n) is 9.04. The number of rotatable bonds is 11. The van der Waals surface area contributed by atoms with Gasteiger partial charge in [0, 0.05) is 18.3 Å². The van der Waals surface area contributed by atoms with Crippen molar-refractivity contribution >= 4 is 26.0 Å². The maximum atomic E-state index is 15.6. The Hall–Kier alpha value is -2.83. The van der Waals surface area contributed by atoms with Gasteiger partial charge in [0.1, 0.15) is 30.3 Å². The largest absolute Gasteiger partial charge is 0.462 e. The average Bonchev–Trinajstić information content (AvgIpc) is 3.06. The number of aliphatic hydroxyl groups is 1. The molecule has 0 radical (unpaired) electrons. The molecule has 6 atom stereocenters. The minimum Gasteiger partial charge on any atom is -0.462 e. The normalized spacial score (nSPS) is 28.2. The van der Waals surface area contributed by atoms with Crippen molar-refractivity contribution in [1.29, 1.82) is 0 Å². The number of benzene rings is 1. The first-order valence-corrected chi connectivity index (χ1v) is 13.1. The smallest absolute Gasteiger partial charge is 0.459 e. The highest BCUT2D eigenvalue weighted by Gasteiger charge is 2.58. The van der Waals surface area contributed by atoms with Gasteiger partial charge in [-0.05, 0) is 39.8 Å². The molecule has 1 unspecified atom stereocenters. The fourth-order valence-corrected chi connectivity index (χ4v) is 5.16. The van der Waals surface area contributed by atoms with Crippen molar-refractivity contribution in [3.63, 3.8) is 0 Å². The number of carbonyl (C=O) groups excluding carboxylic acids is 3. The summed E-state index contributed by atoms with van der Waals surface area (Å²) in [7, 11) is -4.31. The van der Waals surface area contributed by atoms with Gasteiger partial charge in [0.25, 0.3) is 0 Å². The molecular weight excluding hydrogens is 512 g/mol. The van der Waals surface area contributed by atoms with Gasteiger partial charge in [0.15, 0.2) is 11.9 Å². The van der Waals surface area contributed by atoms with E-state index in [4.69, 9.17) is 18.5 Å². The molecule has 2 aliphatic rings. The molecule has 37 heavy (non-hydrogen) atoms. The fourth-order valence-electron chi connectivity index (χ4n) is 3.65.